The largest absolute Gasteiger partial charge is 0.364 e. The first kappa shape index (κ1) is 11.7. The number of benzene rings is 1. The van der Waals surface area contributed by atoms with Gasteiger partial charge >= 0.3 is 0 Å². The summed E-state index contributed by atoms with van der Waals surface area (Å²) in [6, 6.07) is 5.35. The quantitative estimate of drug-likeness (QED) is 0.891. The van der Waals surface area contributed by atoms with Crippen LogP contribution in [-0.4, -0.2) is 11.1 Å². The summed E-state index contributed by atoms with van der Waals surface area (Å²) in [6.07, 6.45) is 1.32. The molecule has 0 aliphatic rings. The summed E-state index contributed by atoms with van der Waals surface area (Å²) in [5, 5.41) is 6.99. The van der Waals surface area contributed by atoms with Gasteiger partial charge in [0.1, 0.15) is 11.8 Å². The Morgan fingerprint density at radius 3 is 2.76 bits per heavy atom. The summed E-state index contributed by atoms with van der Waals surface area (Å²) in [6.45, 7) is 3.61. The number of hydrogen-bond acceptors (Lipinski definition) is 3. The van der Waals surface area contributed by atoms with Gasteiger partial charge in [0.15, 0.2) is 0 Å². The summed E-state index contributed by atoms with van der Waals surface area (Å²) < 4.78 is 4.71. The lowest BCUT2D eigenvalue weighted by Gasteiger charge is -2.05. The Labute approximate surface area is 104 Å². The van der Waals surface area contributed by atoms with Crippen LogP contribution in [0.3, 0.4) is 0 Å². The number of nitrogens with one attached hydrogen (secondary N) is 1. The maximum Gasteiger partial charge on any atom is 0.260 e. The summed E-state index contributed by atoms with van der Waals surface area (Å²) in [7, 11) is 0. The van der Waals surface area contributed by atoms with E-state index in [2.05, 4.69) is 10.5 Å². The topological polar surface area (TPSA) is 55.1 Å². The van der Waals surface area contributed by atoms with Gasteiger partial charge in [-0.3, -0.25) is 4.79 Å². The molecule has 17 heavy (non-hydrogen) atoms. The van der Waals surface area contributed by atoms with Crippen molar-refractivity contribution in [2.24, 2.45) is 0 Å². The molecule has 0 bridgehead atoms. The number of carbonyl (C=O) groups is 1. The SMILES string of the molecule is Cc1ccc(NC(=O)c2conc2C)cc1Cl. The predicted molar refractivity (Wildman–Crippen MR) is 65.4 cm³/mol. The first-order valence-corrected chi connectivity index (χ1v) is 5.44. The third-order valence-electron chi connectivity index (χ3n) is 2.42. The molecule has 0 saturated heterocycles. The third-order valence-corrected chi connectivity index (χ3v) is 2.83. The fourth-order valence-electron chi connectivity index (χ4n) is 1.38. The van der Waals surface area contributed by atoms with Crippen LogP contribution in [-0.2, 0) is 0 Å². The molecule has 0 atom stereocenters. The van der Waals surface area contributed by atoms with Crippen molar-refractivity contribution in [1.82, 2.24) is 5.16 Å². The molecule has 1 amide bonds. The van der Waals surface area contributed by atoms with Gasteiger partial charge in [-0.25, -0.2) is 0 Å². The van der Waals surface area contributed by atoms with Crippen LogP contribution in [0.4, 0.5) is 5.69 Å². The zero-order valence-electron chi connectivity index (χ0n) is 9.45. The van der Waals surface area contributed by atoms with Gasteiger partial charge in [-0.15, -0.1) is 0 Å². The number of hydrogen-bond donors (Lipinski definition) is 1. The summed E-state index contributed by atoms with van der Waals surface area (Å²) in [5.41, 5.74) is 2.58. The normalized spacial score (nSPS) is 10.3. The third kappa shape index (κ3) is 2.47. The Balaban J connectivity index is 2.19. The maximum atomic E-state index is 11.8. The monoisotopic (exact) mass is 250 g/mol. The minimum atomic E-state index is -0.260. The Hall–Kier alpha value is -1.81. The number of aryl methyl sites for hydroxylation is 2. The van der Waals surface area contributed by atoms with E-state index in [1.54, 1.807) is 19.1 Å². The molecule has 88 valence electrons. The lowest BCUT2D eigenvalue weighted by atomic mass is 10.2. The first-order valence-electron chi connectivity index (χ1n) is 5.06. The van der Waals surface area contributed by atoms with Crippen LogP contribution in [0.5, 0.6) is 0 Å². The molecule has 0 aliphatic carbocycles. The van der Waals surface area contributed by atoms with E-state index >= 15 is 0 Å². The first-order chi connectivity index (χ1) is 8.08. The van der Waals surface area contributed by atoms with Crippen molar-refractivity contribution in [3.05, 3.63) is 46.3 Å². The van der Waals surface area contributed by atoms with Crippen LogP contribution in [0.2, 0.25) is 5.02 Å². The fourth-order valence-corrected chi connectivity index (χ4v) is 1.56. The van der Waals surface area contributed by atoms with Crippen LogP contribution in [0.15, 0.2) is 29.0 Å². The number of aromatic nitrogens is 1. The van der Waals surface area contributed by atoms with Crippen molar-refractivity contribution in [1.29, 1.82) is 0 Å². The number of rotatable bonds is 2. The molecule has 2 rings (SSSR count). The average Bonchev–Trinajstić information content (AvgIpc) is 2.70. The molecule has 0 fully saturated rings. The van der Waals surface area contributed by atoms with Gasteiger partial charge in [0, 0.05) is 10.7 Å². The molecule has 5 heteroatoms. The van der Waals surface area contributed by atoms with E-state index in [1.165, 1.54) is 6.26 Å². The summed E-state index contributed by atoms with van der Waals surface area (Å²) >= 11 is 5.97. The van der Waals surface area contributed by atoms with Crippen LogP contribution >= 0.6 is 11.6 Å². The minimum absolute atomic E-state index is 0.260. The van der Waals surface area contributed by atoms with Gasteiger partial charge in [-0.05, 0) is 31.5 Å². The minimum Gasteiger partial charge on any atom is -0.364 e. The van der Waals surface area contributed by atoms with Crippen LogP contribution in [0.25, 0.3) is 0 Å². The molecule has 1 heterocycles. The molecular formula is C12H11ClN2O2. The van der Waals surface area contributed by atoms with E-state index in [4.69, 9.17) is 16.1 Å². The number of amides is 1. The second-order valence-corrected chi connectivity index (χ2v) is 4.14. The zero-order valence-corrected chi connectivity index (χ0v) is 10.2. The van der Waals surface area contributed by atoms with Gasteiger partial charge in [0.2, 0.25) is 0 Å². The maximum absolute atomic E-state index is 11.8. The number of carbonyl (C=O) groups excluding carboxylic acids is 1. The Morgan fingerprint density at radius 2 is 2.18 bits per heavy atom. The van der Waals surface area contributed by atoms with Crippen molar-refractivity contribution >= 4 is 23.2 Å². The standard InChI is InChI=1S/C12H11ClN2O2/c1-7-3-4-9(5-11(7)13)14-12(16)10-6-17-15-8(10)2/h3-6H,1-2H3,(H,14,16). The molecule has 1 aromatic heterocycles. The molecule has 1 N–H and O–H groups in total. The summed E-state index contributed by atoms with van der Waals surface area (Å²) in [4.78, 5) is 11.8. The van der Waals surface area contributed by atoms with Crippen LogP contribution in [0, 0.1) is 13.8 Å². The van der Waals surface area contributed by atoms with E-state index < -0.39 is 0 Å². The molecule has 0 aliphatic heterocycles. The number of halogens is 1. The number of nitrogens with zero attached hydrogens (tertiary/aromatic N) is 1. The van der Waals surface area contributed by atoms with Crippen molar-refractivity contribution in [3.63, 3.8) is 0 Å². The van der Waals surface area contributed by atoms with Gasteiger partial charge in [0.25, 0.3) is 5.91 Å². The molecule has 4 nitrogen and oxygen atoms in total. The van der Waals surface area contributed by atoms with E-state index in [0.717, 1.165) is 5.56 Å². The van der Waals surface area contributed by atoms with Crippen molar-refractivity contribution in [2.45, 2.75) is 13.8 Å². The highest BCUT2D eigenvalue weighted by Crippen LogP contribution is 2.20. The summed E-state index contributed by atoms with van der Waals surface area (Å²) in [5.74, 6) is -0.260. The van der Waals surface area contributed by atoms with Crippen LogP contribution < -0.4 is 5.32 Å². The van der Waals surface area contributed by atoms with Crippen molar-refractivity contribution in [2.75, 3.05) is 5.32 Å². The van der Waals surface area contributed by atoms with Gasteiger partial charge in [0.05, 0.1) is 5.69 Å². The molecule has 1 aromatic carbocycles. The van der Waals surface area contributed by atoms with Gasteiger partial charge in [-0.1, -0.05) is 22.8 Å². The molecule has 0 saturated carbocycles. The van der Waals surface area contributed by atoms with Crippen LogP contribution in [0.1, 0.15) is 21.6 Å². The molecular weight excluding hydrogens is 240 g/mol. The highest BCUT2D eigenvalue weighted by atomic mass is 35.5. The lowest BCUT2D eigenvalue weighted by Crippen LogP contribution is -2.12. The van der Waals surface area contributed by atoms with Crippen molar-refractivity contribution in [3.8, 4) is 0 Å². The van der Waals surface area contributed by atoms with Gasteiger partial charge < -0.3 is 9.84 Å². The molecule has 2 aromatic rings. The zero-order chi connectivity index (χ0) is 12.4. The molecule has 0 unspecified atom stereocenters. The molecule has 0 radical (unpaired) electrons. The van der Waals surface area contributed by atoms with E-state index in [0.29, 0.717) is 22.0 Å². The molecule has 0 spiro atoms. The van der Waals surface area contributed by atoms with E-state index in [9.17, 15) is 4.79 Å². The van der Waals surface area contributed by atoms with Crippen molar-refractivity contribution < 1.29 is 9.32 Å². The fraction of sp³-hybridized carbons (Fsp3) is 0.167. The van der Waals surface area contributed by atoms with E-state index in [1.807, 2.05) is 13.0 Å². The average molecular weight is 251 g/mol. The number of anilines is 1. The van der Waals surface area contributed by atoms with E-state index in [-0.39, 0.29) is 5.91 Å². The second-order valence-electron chi connectivity index (χ2n) is 3.73. The highest BCUT2D eigenvalue weighted by molar-refractivity contribution is 6.31. The smallest absolute Gasteiger partial charge is 0.260 e. The Kier molecular flexibility index (Phi) is 3.15. The second kappa shape index (κ2) is 4.59. The Bertz CT molecular complexity index is 563. The predicted octanol–water partition coefficient (Wildman–Crippen LogP) is 3.20. The highest BCUT2D eigenvalue weighted by Gasteiger charge is 2.12. The van der Waals surface area contributed by atoms with Gasteiger partial charge in [-0.2, -0.15) is 0 Å². The Morgan fingerprint density at radius 1 is 1.41 bits per heavy atom. The lowest BCUT2D eigenvalue weighted by molar-refractivity contribution is 0.102.